The number of aromatic amines is 1. The van der Waals surface area contributed by atoms with Gasteiger partial charge in [0.25, 0.3) is 0 Å². The first-order valence-corrected chi connectivity index (χ1v) is 6.70. The zero-order chi connectivity index (χ0) is 13.4. The van der Waals surface area contributed by atoms with Crippen LogP contribution >= 0.6 is 0 Å². The highest BCUT2D eigenvalue weighted by atomic mass is 16.5. The summed E-state index contributed by atoms with van der Waals surface area (Å²) in [6.07, 6.45) is 8.52. The van der Waals surface area contributed by atoms with Gasteiger partial charge in [-0.2, -0.15) is 0 Å². The van der Waals surface area contributed by atoms with E-state index in [0.717, 1.165) is 17.7 Å². The molecule has 4 nitrogen and oxygen atoms in total. The molecule has 102 valence electrons. The second-order valence-electron chi connectivity index (χ2n) is 5.16. The van der Waals surface area contributed by atoms with Crippen LogP contribution in [0.25, 0.3) is 6.08 Å². The van der Waals surface area contributed by atoms with Crippen LogP contribution in [0.2, 0.25) is 0 Å². The molecule has 0 spiro atoms. The van der Waals surface area contributed by atoms with Gasteiger partial charge in [0.2, 0.25) is 0 Å². The highest BCUT2D eigenvalue weighted by Crippen LogP contribution is 2.37. The van der Waals surface area contributed by atoms with Gasteiger partial charge in [-0.3, -0.25) is 0 Å². The molecule has 1 unspecified atom stereocenters. The summed E-state index contributed by atoms with van der Waals surface area (Å²) in [5.74, 6) is 0. The molecule has 1 aliphatic heterocycles. The fourth-order valence-corrected chi connectivity index (χ4v) is 2.86. The molecule has 1 fully saturated rings. The largest absolute Gasteiger partial charge is 0.394 e. The Balaban J connectivity index is 1.88. The Morgan fingerprint density at radius 1 is 1.47 bits per heavy atom. The van der Waals surface area contributed by atoms with Crippen molar-refractivity contribution in [2.75, 3.05) is 6.61 Å². The monoisotopic (exact) mass is 261 g/mol. The molecular formula is C15H19NO3. The number of hydrogen-bond donors (Lipinski definition) is 3. The molecular weight excluding hydrogens is 242 g/mol. The van der Waals surface area contributed by atoms with Gasteiger partial charge in [-0.15, -0.1) is 0 Å². The van der Waals surface area contributed by atoms with E-state index in [1.807, 2.05) is 13.1 Å². The first kappa shape index (κ1) is 12.7. The van der Waals surface area contributed by atoms with E-state index >= 15 is 0 Å². The third-order valence-electron chi connectivity index (χ3n) is 4.02. The highest BCUT2D eigenvalue weighted by molar-refractivity contribution is 5.61. The van der Waals surface area contributed by atoms with Crippen molar-refractivity contribution in [2.45, 2.75) is 38.1 Å². The number of fused-ring (bicyclic) bond motifs is 1. The van der Waals surface area contributed by atoms with Gasteiger partial charge in [0.15, 0.2) is 0 Å². The number of H-pyrrole nitrogens is 1. The van der Waals surface area contributed by atoms with Crippen LogP contribution in [-0.4, -0.2) is 34.0 Å². The number of aliphatic hydroxyl groups excluding tert-OH is 2. The number of rotatable bonds is 2. The van der Waals surface area contributed by atoms with Gasteiger partial charge in [-0.25, -0.2) is 0 Å². The van der Waals surface area contributed by atoms with Gasteiger partial charge in [-0.05, 0) is 30.6 Å². The van der Waals surface area contributed by atoms with Crippen LogP contribution in [0.15, 0.2) is 23.9 Å². The van der Waals surface area contributed by atoms with Gasteiger partial charge in [0.1, 0.15) is 6.10 Å². The summed E-state index contributed by atoms with van der Waals surface area (Å²) in [7, 11) is 0. The zero-order valence-corrected chi connectivity index (χ0v) is 11.0. The van der Waals surface area contributed by atoms with Gasteiger partial charge < -0.3 is 19.9 Å². The zero-order valence-electron chi connectivity index (χ0n) is 11.0. The molecule has 19 heavy (non-hydrogen) atoms. The molecule has 0 aromatic carbocycles. The summed E-state index contributed by atoms with van der Waals surface area (Å²) in [5.41, 5.74) is 4.75. The van der Waals surface area contributed by atoms with Crippen molar-refractivity contribution >= 4 is 6.08 Å². The van der Waals surface area contributed by atoms with Crippen LogP contribution < -0.4 is 0 Å². The van der Waals surface area contributed by atoms with Gasteiger partial charge in [-0.1, -0.05) is 12.2 Å². The van der Waals surface area contributed by atoms with E-state index in [2.05, 4.69) is 23.2 Å². The van der Waals surface area contributed by atoms with Crippen molar-refractivity contribution in [3.63, 3.8) is 0 Å². The molecule has 1 saturated heterocycles. The highest BCUT2D eigenvalue weighted by Gasteiger charge is 2.36. The molecule has 3 N–H and O–H groups in total. The minimum Gasteiger partial charge on any atom is -0.394 e. The first-order chi connectivity index (χ1) is 9.22. The number of aromatic nitrogens is 1. The van der Waals surface area contributed by atoms with Gasteiger partial charge in [0, 0.05) is 23.9 Å². The van der Waals surface area contributed by atoms with Crippen molar-refractivity contribution in [3.05, 3.63) is 40.7 Å². The third kappa shape index (κ3) is 2.16. The van der Waals surface area contributed by atoms with Crippen molar-refractivity contribution in [1.29, 1.82) is 0 Å². The average Bonchev–Trinajstić information content (AvgIpc) is 3.00. The number of allylic oxidation sites excluding steroid dienone is 3. The Morgan fingerprint density at radius 2 is 2.32 bits per heavy atom. The summed E-state index contributed by atoms with van der Waals surface area (Å²) < 4.78 is 5.74. The van der Waals surface area contributed by atoms with E-state index < -0.39 is 12.2 Å². The van der Waals surface area contributed by atoms with Gasteiger partial charge >= 0.3 is 0 Å². The molecule has 2 aliphatic rings. The quantitative estimate of drug-likeness (QED) is 0.759. The average molecular weight is 261 g/mol. The van der Waals surface area contributed by atoms with E-state index in [1.54, 1.807) is 0 Å². The molecule has 3 atom stereocenters. The van der Waals surface area contributed by atoms with E-state index in [4.69, 9.17) is 9.84 Å². The van der Waals surface area contributed by atoms with E-state index in [9.17, 15) is 5.11 Å². The van der Waals surface area contributed by atoms with E-state index in [0.29, 0.717) is 6.42 Å². The topological polar surface area (TPSA) is 65.5 Å². The number of ether oxygens (including phenoxy) is 1. The number of nitrogens with one attached hydrogen (secondary N) is 1. The summed E-state index contributed by atoms with van der Waals surface area (Å²) in [4.78, 5) is 3.26. The minimum absolute atomic E-state index is 0.128. The molecule has 0 amide bonds. The number of aliphatic hydroxyl groups is 2. The van der Waals surface area contributed by atoms with Crippen LogP contribution in [0.5, 0.6) is 0 Å². The van der Waals surface area contributed by atoms with Crippen molar-refractivity contribution in [1.82, 2.24) is 4.98 Å². The smallest absolute Gasteiger partial charge is 0.107 e. The van der Waals surface area contributed by atoms with Crippen molar-refractivity contribution < 1.29 is 14.9 Å². The second kappa shape index (κ2) is 4.96. The molecule has 0 saturated carbocycles. The maximum absolute atomic E-state index is 9.84. The maximum atomic E-state index is 9.84. The van der Waals surface area contributed by atoms with Gasteiger partial charge in [0.05, 0.1) is 18.8 Å². The molecule has 4 heteroatoms. The Kier molecular flexibility index (Phi) is 3.31. The van der Waals surface area contributed by atoms with Crippen LogP contribution in [0, 0.1) is 0 Å². The van der Waals surface area contributed by atoms with E-state index in [1.165, 1.54) is 11.1 Å². The molecule has 0 bridgehead atoms. The van der Waals surface area contributed by atoms with Crippen LogP contribution in [-0.2, 0) is 11.2 Å². The normalized spacial score (nSPS) is 31.9. The summed E-state index contributed by atoms with van der Waals surface area (Å²) >= 11 is 0. The number of hydrogen-bond acceptors (Lipinski definition) is 3. The maximum Gasteiger partial charge on any atom is 0.107 e. The van der Waals surface area contributed by atoms with Crippen molar-refractivity contribution in [2.24, 2.45) is 0 Å². The van der Waals surface area contributed by atoms with Crippen molar-refractivity contribution in [3.8, 4) is 0 Å². The lowest BCUT2D eigenvalue weighted by Crippen LogP contribution is -2.24. The Bertz CT molecular complexity index is 529. The lowest BCUT2D eigenvalue weighted by Gasteiger charge is -2.15. The lowest BCUT2D eigenvalue weighted by atomic mass is 9.93. The van der Waals surface area contributed by atoms with Crippen LogP contribution in [0.3, 0.4) is 0 Å². The first-order valence-electron chi connectivity index (χ1n) is 6.70. The second-order valence-corrected chi connectivity index (χ2v) is 5.16. The summed E-state index contributed by atoms with van der Waals surface area (Å²) in [6.45, 7) is 1.90. The standard InChI is InChI=1S/C15H19NO3/c1-2-9-3-4-12-10(5-9)11(7-16-12)14-6-13(18)15(8-17)19-14/h2-4,7,13-18H,5-6,8H2,1H3/t13-,14?,15+/m0/s1. The van der Waals surface area contributed by atoms with Crippen LogP contribution in [0.4, 0.5) is 0 Å². The SMILES string of the molecule is CC=C1C=Cc2[nH]cc(C3C[C@H](O)[C@@H](CO)O3)c2C1. The minimum atomic E-state index is -0.583. The molecule has 1 aromatic heterocycles. The third-order valence-corrected chi connectivity index (χ3v) is 4.02. The molecule has 2 heterocycles. The van der Waals surface area contributed by atoms with Crippen LogP contribution in [0.1, 0.15) is 36.3 Å². The Hall–Kier alpha value is -1.36. The fourth-order valence-electron chi connectivity index (χ4n) is 2.86. The predicted octanol–water partition coefficient (Wildman–Crippen LogP) is 1.71. The summed E-state index contributed by atoms with van der Waals surface area (Å²) in [5, 5.41) is 19.0. The Labute approximate surface area is 112 Å². The fraction of sp³-hybridized carbons (Fsp3) is 0.467. The molecule has 0 radical (unpaired) electrons. The predicted molar refractivity (Wildman–Crippen MR) is 72.6 cm³/mol. The Morgan fingerprint density at radius 3 is 3.00 bits per heavy atom. The lowest BCUT2D eigenvalue weighted by molar-refractivity contribution is -0.0226. The van der Waals surface area contributed by atoms with E-state index in [-0.39, 0.29) is 12.7 Å². The summed E-state index contributed by atoms with van der Waals surface area (Å²) in [6, 6.07) is 0. The molecule has 3 rings (SSSR count). The molecule has 1 aromatic rings. The molecule has 1 aliphatic carbocycles.